The minimum Gasteiger partial charge on any atom is -0.436 e. The Kier molecular flexibility index (Phi) is 7.82. The van der Waals surface area contributed by atoms with Crippen molar-refractivity contribution >= 4 is 12.0 Å². The molecule has 0 aromatic rings. The third-order valence-corrected chi connectivity index (χ3v) is 7.23. The van der Waals surface area contributed by atoms with Gasteiger partial charge in [-0.3, -0.25) is 4.79 Å². The average molecular weight is 435 g/mol. The molecule has 1 atom stereocenters. The van der Waals surface area contributed by atoms with Crippen molar-refractivity contribution in [3.05, 3.63) is 0 Å². The molecule has 3 aliphatic rings. The summed E-state index contributed by atoms with van der Waals surface area (Å²) in [5.74, 6) is 0.00864. The summed E-state index contributed by atoms with van der Waals surface area (Å²) >= 11 is 0. The number of amides is 2. The maximum atomic E-state index is 13.3. The van der Waals surface area contributed by atoms with E-state index in [2.05, 4.69) is 30.1 Å². The van der Waals surface area contributed by atoms with Gasteiger partial charge in [-0.1, -0.05) is 13.8 Å². The SMILES string of the molecule is CN1CCC(C#N)(NC(=O)[C@H](CC2CCC(C)(C)CC2)OC(=O)N2CCOCC2)CC1. The number of ether oxygens (including phenoxy) is 2. The van der Waals surface area contributed by atoms with E-state index < -0.39 is 17.7 Å². The number of carbonyl (C=O) groups is 2. The highest BCUT2D eigenvalue weighted by molar-refractivity contribution is 5.84. The number of piperidine rings is 1. The molecule has 8 nitrogen and oxygen atoms in total. The molecule has 1 N–H and O–H groups in total. The van der Waals surface area contributed by atoms with Gasteiger partial charge in [-0.15, -0.1) is 0 Å². The summed E-state index contributed by atoms with van der Waals surface area (Å²) in [6, 6.07) is 2.33. The zero-order chi connectivity index (χ0) is 22.5. The second kappa shape index (κ2) is 10.2. The minimum absolute atomic E-state index is 0.331. The summed E-state index contributed by atoms with van der Waals surface area (Å²) in [5, 5.41) is 12.8. The number of rotatable bonds is 5. The lowest BCUT2D eigenvalue weighted by Crippen LogP contribution is -2.57. The van der Waals surface area contributed by atoms with Crippen LogP contribution >= 0.6 is 0 Å². The number of hydrogen-bond acceptors (Lipinski definition) is 6. The Hall–Kier alpha value is -1.85. The third kappa shape index (κ3) is 6.56. The largest absolute Gasteiger partial charge is 0.436 e. The first-order valence-electron chi connectivity index (χ1n) is 11.7. The summed E-state index contributed by atoms with van der Waals surface area (Å²) in [5.41, 5.74) is -0.556. The van der Waals surface area contributed by atoms with Crippen molar-refractivity contribution in [3.63, 3.8) is 0 Å². The molecule has 1 saturated carbocycles. The molecule has 0 radical (unpaired) electrons. The van der Waals surface area contributed by atoms with Gasteiger partial charge in [0.15, 0.2) is 6.10 Å². The third-order valence-electron chi connectivity index (χ3n) is 7.23. The zero-order valence-electron chi connectivity index (χ0n) is 19.3. The number of nitrogens with one attached hydrogen (secondary N) is 1. The van der Waals surface area contributed by atoms with Crippen molar-refractivity contribution < 1.29 is 19.1 Å². The number of nitrogens with zero attached hydrogens (tertiary/aromatic N) is 3. The predicted molar refractivity (Wildman–Crippen MR) is 116 cm³/mol. The van der Waals surface area contributed by atoms with Gasteiger partial charge in [-0.25, -0.2) is 4.79 Å². The van der Waals surface area contributed by atoms with Crippen molar-refractivity contribution in [2.24, 2.45) is 11.3 Å². The molecule has 31 heavy (non-hydrogen) atoms. The quantitative estimate of drug-likeness (QED) is 0.715. The van der Waals surface area contributed by atoms with Crippen LogP contribution in [0.4, 0.5) is 4.79 Å². The number of carbonyl (C=O) groups excluding carboxylic acids is 2. The fraction of sp³-hybridized carbons (Fsp3) is 0.870. The lowest BCUT2D eigenvalue weighted by molar-refractivity contribution is -0.133. The Labute approximate surface area is 186 Å². The molecule has 3 rings (SSSR count). The number of likely N-dealkylation sites (tertiary alicyclic amines) is 1. The number of morpholine rings is 1. The standard InChI is InChI=1S/C23H38N4O4/c1-22(2)6-4-18(5-7-22)16-19(31-21(29)27-12-14-30-15-13-27)20(28)25-23(17-24)8-10-26(3)11-9-23/h18-19H,4-16H2,1-3H3,(H,25,28)/t19-/m0/s1. The molecule has 2 heterocycles. The minimum atomic E-state index is -0.887. The van der Waals surface area contributed by atoms with Crippen LogP contribution in [-0.2, 0) is 14.3 Å². The topological polar surface area (TPSA) is 94.9 Å². The Morgan fingerprint density at radius 1 is 1.13 bits per heavy atom. The molecule has 0 aromatic carbocycles. The smallest absolute Gasteiger partial charge is 0.410 e. The van der Waals surface area contributed by atoms with Gasteiger partial charge in [0.25, 0.3) is 5.91 Å². The fourth-order valence-corrected chi connectivity index (χ4v) is 4.73. The van der Waals surface area contributed by atoms with Crippen LogP contribution in [0.1, 0.15) is 58.8 Å². The van der Waals surface area contributed by atoms with Crippen LogP contribution in [0.25, 0.3) is 0 Å². The molecule has 8 heteroatoms. The second-order valence-electron chi connectivity index (χ2n) is 10.3. The highest BCUT2D eigenvalue weighted by atomic mass is 16.6. The number of hydrogen-bond donors (Lipinski definition) is 1. The van der Waals surface area contributed by atoms with Crippen molar-refractivity contribution in [3.8, 4) is 6.07 Å². The molecule has 0 spiro atoms. The van der Waals surface area contributed by atoms with Crippen molar-refractivity contribution in [2.75, 3.05) is 46.4 Å². The zero-order valence-corrected chi connectivity index (χ0v) is 19.3. The first-order valence-corrected chi connectivity index (χ1v) is 11.7. The highest BCUT2D eigenvalue weighted by Crippen LogP contribution is 2.40. The predicted octanol–water partition coefficient (Wildman–Crippen LogP) is 2.53. The van der Waals surface area contributed by atoms with Crippen LogP contribution < -0.4 is 5.32 Å². The normalized spacial score (nSPS) is 25.3. The van der Waals surface area contributed by atoms with Gasteiger partial charge in [0.2, 0.25) is 0 Å². The van der Waals surface area contributed by atoms with Gasteiger partial charge in [-0.2, -0.15) is 5.26 Å². The summed E-state index contributed by atoms with van der Waals surface area (Å²) < 4.78 is 11.1. The molecular formula is C23H38N4O4. The van der Waals surface area contributed by atoms with Crippen LogP contribution in [0.5, 0.6) is 0 Å². The Balaban J connectivity index is 1.67. The number of nitriles is 1. The lowest BCUT2D eigenvalue weighted by Gasteiger charge is -2.38. The maximum Gasteiger partial charge on any atom is 0.410 e. The van der Waals surface area contributed by atoms with E-state index >= 15 is 0 Å². The molecule has 2 saturated heterocycles. The molecule has 3 fully saturated rings. The first kappa shape index (κ1) is 23.8. The Bertz CT molecular complexity index is 666. The van der Waals surface area contributed by atoms with E-state index in [1.54, 1.807) is 4.90 Å². The molecule has 0 aromatic heterocycles. The second-order valence-corrected chi connectivity index (χ2v) is 10.3. The molecule has 2 amide bonds. The van der Waals surface area contributed by atoms with E-state index in [1.165, 1.54) is 0 Å². The first-order chi connectivity index (χ1) is 14.7. The van der Waals surface area contributed by atoms with Crippen molar-refractivity contribution in [1.29, 1.82) is 5.26 Å². The summed E-state index contributed by atoms with van der Waals surface area (Å²) in [4.78, 5) is 29.8. The van der Waals surface area contributed by atoms with Crippen LogP contribution in [0.3, 0.4) is 0 Å². The van der Waals surface area contributed by atoms with E-state index in [9.17, 15) is 14.9 Å². The highest BCUT2D eigenvalue weighted by Gasteiger charge is 2.39. The Morgan fingerprint density at radius 3 is 2.32 bits per heavy atom. The molecule has 1 aliphatic carbocycles. The van der Waals surface area contributed by atoms with E-state index in [4.69, 9.17) is 9.47 Å². The van der Waals surface area contributed by atoms with E-state index in [1.807, 2.05) is 7.05 Å². The van der Waals surface area contributed by atoms with Gasteiger partial charge in [0.05, 0.1) is 19.3 Å². The lowest BCUT2D eigenvalue weighted by atomic mass is 9.72. The summed E-state index contributed by atoms with van der Waals surface area (Å²) in [7, 11) is 2.01. The van der Waals surface area contributed by atoms with Crippen molar-refractivity contribution in [1.82, 2.24) is 15.1 Å². The van der Waals surface area contributed by atoms with E-state index in [0.717, 1.165) is 38.8 Å². The van der Waals surface area contributed by atoms with Crippen molar-refractivity contribution in [2.45, 2.75) is 70.4 Å². The van der Waals surface area contributed by atoms with Crippen LogP contribution in [-0.4, -0.2) is 79.9 Å². The van der Waals surface area contributed by atoms with Crippen LogP contribution in [0.15, 0.2) is 0 Å². The molecule has 0 unspecified atom stereocenters. The van der Waals surface area contributed by atoms with E-state index in [-0.39, 0.29) is 5.91 Å². The van der Waals surface area contributed by atoms with Gasteiger partial charge in [-0.05, 0) is 63.3 Å². The molecule has 174 valence electrons. The molecular weight excluding hydrogens is 396 g/mol. The average Bonchev–Trinajstić information content (AvgIpc) is 2.77. The van der Waals surface area contributed by atoms with Gasteiger partial charge in [0.1, 0.15) is 5.54 Å². The van der Waals surface area contributed by atoms with Gasteiger partial charge >= 0.3 is 6.09 Å². The summed E-state index contributed by atoms with van der Waals surface area (Å²) in [6.45, 7) is 7.97. The van der Waals surface area contributed by atoms with Crippen LogP contribution in [0, 0.1) is 22.7 Å². The van der Waals surface area contributed by atoms with Gasteiger partial charge < -0.3 is 24.6 Å². The summed E-state index contributed by atoms with van der Waals surface area (Å²) in [6.07, 6.45) is 4.61. The monoisotopic (exact) mass is 434 g/mol. The molecule has 2 aliphatic heterocycles. The van der Waals surface area contributed by atoms with Gasteiger partial charge in [0, 0.05) is 26.2 Å². The van der Waals surface area contributed by atoms with E-state index in [0.29, 0.717) is 56.9 Å². The maximum absolute atomic E-state index is 13.3. The fourth-order valence-electron chi connectivity index (χ4n) is 4.73. The Morgan fingerprint density at radius 2 is 1.74 bits per heavy atom. The molecule has 0 bridgehead atoms. The van der Waals surface area contributed by atoms with Crippen LogP contribution in [0.2, 0.25) is 0 Å².